The molecule has 0 aromatic heterocycles. The van der Waals surface area contributed by atoms with Crippen molar-refractivity contribution in [2.75, 3.05) is 39.3 Å². The van der Waals surface area contributed by atoms with Crippen LogP contribution in [-0.4, -0.2) is 131 Å². The van der Waals surface area contributed by atoms with Gasteiger partial charge in [0.15, 0.2) is 0 Å². The lowest BCUT2D eigenvalue weighted by atomic mass is 9.93. The fraction of sp³-hybridized carbons (Fsp3) is 0.880. The number of rotatable bonds is 1. The van der Waals surface area contributed by atoms with Crippen LogP contribution in [0.4, 0.5) is 0 Å². The van der Waals surface area contributed by atoms with Crippen molar-refractivity contribution in [3.8, 4) is 0 Å². The van der Waals surface area contributed by atoms with Gasteiger partial charge in [0, 0.05) is 51.7 Å². The van der Waals surface area contributed by atoms with Crippen LogP contribution in [0.25, 0.3) is 0 Å². The summed E-state index contributed by atoms with van der Waals surface area (Å²) in [6.07, 6.45) is 1.65. The maximum Gasteiger partial charge on any atom is 0.240 e. The molecule has 0 aromatic carbocycles. The molecule has 1 aliphatic carbocycles. The van der Waals surface area contributed by atoms with E-state index in [1.165, 1.54) is 18.2 Å². The van der Waals surface area contributed by atoms with Gasteiger partial charge in [-0.3, -0.25) is 19.3 Å². The van der Waals surface area contributed by atoms with E-state index in [0.29, 0.717) is 38.7 Å². The van der Waals surface area contributed by atoms with E-state index in [4.69, 9.17) is 9.47 Å². The Morgan fingerprint density at radius 3 is 2.50 bits per heavy atom. The Labute approximate surface area is 212 Å². The number of hydrogen-bond donors (Lipinski definition) is 3. The molecule has 1 saturated carbocycles. The van der Waals surface area contributed by atoms with Crippen molar-refractivity contribution < 1.29 is 34.1 Å². The number of carbonyl (C=O) groups excluding carboxylic acids is 3. The van der Waals surface area contributed by atoms with E-state index in [0.717, 1.165) is 25.7 Å². The molecule has 5 fully saturated rings. The van der Waals surface area contributed by atoms with Crippen molar-refractivity contribution in [3.63, 3.8) is 0 Å². The smallest absolute Gasteiger partial charge is 0.240 e. The van der Waals surface area contributed by atoms with Crippen LogP contribution in [0, 0.1) is 0 Å². The summed E-state index contributed by atoms with van der Waals surface area (Å²) >= 11 is 0. The minimum Gasteiger partial charge on any atom is -0.388 e. The first-order valence-corrected chi connectivity index (χ1v) is 13.5. The lowest BCUT2D eigenvalue weighted by molar-refractivity contribution is -0.147. The van der Waals surface area contributed by atoms with E-state index in [1.807, 2.05) is 4.90 Å². The number of morpholine rings is 1. The number of aliphatic hydroxyl groups is 2. The lowest BCUT2D eigenvalue weighted by Crippen LogP contribution is -2.56. The highest BCUT2D eigenvalue weighted by atomic mass is 16.5. The van der Waals surface area contributed by atoms with Crippen LogP contribution < -0.4 is 5.32 Å². The standard InChI is InChI=1S/C25H40N4O7/c1-15(30)28-13-18-12-27(7-8-35-18)25(34)19-9-16(11-29(19)17-5-3-2-4-6-17)26-22(31)10-20-23(32)24(33)21(14-28)36-20/h16-21,23-24,32-33H,2-14H2,1H3,(H,26,31)/t16-,18-,19-,20-,21+,23-,24+/m0/s1. The van der Waals surface area contributed by atoms with Gasteiger partial charge in [-0.1, -0.05) is 19.3 Å². The third-order valence-electron chi connectivity index (χ3n) is 8.60. The van der Waals surface area contributed by atoms with Crippen LogP contribution in [0.1, 0.15) is 51.9 Å². The maximum atomic E-state index is 13.8. The fourth-order valence-electron chi connectivity index (χ4n) is 6.67. The number of nitrogens with one attached hydrogen (secondary N) is 1. The minimum absolute atomic E-state index is 0.0696. The Morgan fingerprint density at radius 2 is 1.75 bits per heavy atom. The molecular weight excluding hydrogens is 468 g/mol. The van der Waals surface area contributed by atoms with Crippen LogP contribution in [0.5, 0.6) is 0 Å². The summed E-state index contributed by atoms with van der Waals surface area (Å²) in [5.74, 6) is -0.409. The minimum atomic E-state index is -1.22. The zero-order chi connectivity index (χ0) is 25.4. The zero-order valence-corrected chi connectivity index (χ0v) is 21.1. The van der Waals surface area contributed by atoms with E-state index in [2.05, 4.69) is 10.2 Å². The van der Waals surface area contributed by atoms with Gasteiger partial charge in [-0.2, -0.15) is 0 Å². The van der Waals surface area contributed by atoms with E-state index >= 15 is 0 Å². The molecule has 11 heteroatoms. The van der Waals surface area contributed by atoms with Crippen molar-refractivity contribution in [2.45, 2.75) is 101 Å². The summed E-state index contributed by atoms with van der Waals surface area (Å²) in [4.78, 5) is 44.9. The molecule has 0 radical (unpaired) electrons. The van der Waals surface area contributed by atoms with Crippen LogP contribution in [0.15, 0.2) is 0 Å². The number of nitrogens with zero attached hydrogens (tertiary/aromatic N) is 3. The average molecular weight is 509 g/mol. The average Bonchev–Trinajstić information content (AvgIpc) is 3.40. The van der Waals surface area contributed by atoms with Gasteiger partial charge in [0.25, 0.3) is 0 Å². The van der Waals surface area contributed by atoms with E-state index < -0.39 is 24.4 Å². The molecule has 5 rings (SSSR count). The van der Waals surface area contributed by atoms with Gasteiger partial charge in [0.05, 0.1) is 31.3 Å². The molecule has 0 unspecified atom stereocenters. The van der Waals surface area contributed by atoms with Gasteiger partial charge in [0.1, 0.15) is 18.3 Å². The number of carbonyl (C=O) groups is 3. The number of hydrogen-bond acceptors (Lipinski definition) is 8. The highest BCUT2D eigenvalue weighted by Gasteiger charge is 2.47. The monoisotopic (exact) mass is 508 g/mol. The number of ether oxygens (including phenoxy) is 2. The third-order valence-corrected chi connectivity index (χ3v) is 8.60. The molecule has 202 valence electrons. The highest BCUT2D eigenvalue weighted by molar-refractivity contribution is 5.83. The Kier molecular flexibility index (Phi) is 7.83. The second-order valence-electron chi connectivity index (χ2n) is 11.1. The number of likely N-dealkylation sites (tertiary alicyclic amines) is 1. The maximum absolute atomic E-state index is 13.8. The van der Waals surface area contributed by atoms with E-state index in [-0.39, 0.29) is 55.4 Å². The third kappa shape index (κ3) is 5.40. The predicted molar refractivity (Wildman–Crippen MR) is 128 cm³/mol. The van der Waals surface area contributed by atoms with Crippen molar-refractivity contribution in [1.29, 1.82) is 0 Å². The van der Waals surface area contributed by atoms with Crippen molar-refractivity contribution in [3.05, 3.63) is 0 Å². The SMILES string of the molecule is CC(=O)N1C[C@@H]2CN(CCO2)C(=O)[C@@H]2C[C@@H](CN2C2CCCCC2)NC(=O)C[C@@H]2O[C@H](C1)[C@@H](O)[C@H]2O. The van der Waals surface area contributed by atoms with Crippen molar-refractivity contribution >= 4 is 17.7 Å². The summed E-state index contributed by atoms with van der Waals surface area (Å²) in [6, 6.07) is -0.128. The van der Waals surface area contributed by atoms with Gasteiger partial charge in [0.2, 0.25) is 17.7 Å². The number of fused-ring (bicyclic) bond motifs is 6. The Morgan fingerprint density at radius 1 is 1.00 bits per heavy atom. The lowest BCUT2D eigenvalue weighted by Gasteiger charge is -2.40. The van der Waals surface area contributed by atoms with Crippen LogP contribution in [0.3, 0.4) is 0 Å². The Hall–Kier alpha value is -1.79. The fourth-order valence-corrected chi connectivity index (χ4v) is 6.67. The normalized spacial score (nSPS) is 39.4. The number of aliphatic hydroxyl groups excluding tert-OH is 2. The molecule has 4 aliphatic heterocycles. The molecule has 36 heavy (non-hydrogen) atoms. The van der Waals surface area contributed by atoms with Crippen molar-refractivity contribution in [1.82, 2.24) is 20.0 Å². The first kappa shape index (κ1) is 25.8. The first-order chi connectivity index (χ1) is 17.3. The molecule has 3 amide bonds. The summed E-state index contributed by atoms with van der Waals surface area (Å²) in [5, 5.41) is 24.2. The summed E-state index contributed by atoms with van der Waals surface area (Å²) in [6.45, 7) is 3.66. The van der Waals surface area contributed by atoms with Crippen LogP contribution in [0.2, 0.25) is 0 Å². The molecule has 0 aromatic rings. The first-order valence-electron chi connectivity index (χ1n) is 13.5. The summed E-state index contributed by atoms with van der Waals surface area (Å²) in [5.41, 5.74) is 0. The zero-order valence-electron chi connectivity index (χ0n) is 21.1. The molecule has 11 nitrogen and oxygen atoms in total. The van der Waals surface area contributed by atoms with Gasteiger partial charge in [-0.05, 0) is 19.3 Å². The van der Waals surface area contributed by atoms with Crippen molar-refractivity contribution in [2.24, 2.45) is 0 Å². The van der Waals surface area contributed by atoms with Gasteiger partial charge >= 0.3 is 0 Å². The molecule has 7 atom stereocenters. The molecule has 4 heterocycles. The van der Waals surface area contributed by atoms with E-state index in [9.17, 15) is 24.6 Å². The Bertz CT molecular complexity index is 837. The molecule has 4 saturated heterocycles. The van der Waals surface area contributed by atoms with E-state index in [1.54, 1.807) is 0 Å². The van der Waals surface area contributed by atoms with Gasteiger partial charge in [-0.25, -0.2) is 0 Å². The quantitative estimate of drug-likeness (QED) is 0.405. The Balaban J connectivity index is 1.40. The predicted octanol–water partition coefficient (Wildman–Crippen LogP) is -1.15. The largest absolute Gasteiger partial charge is 0.388 e. The summed E-state index contributed by atoms with van der Waals surface area (Å²) < 4.78 is 11.8. The molecular formula is C25H40N4O7. The summed E-state index contributed by atoms with van der Waals surface area (Å²) in [7, 11) is 0. The number of amides is 3. The van der Waals surface area contributed by atoms with Crippen LogP contribution >= 0.6 is 0 Å². The van der Waals surface area contributed by atoms with Crippen LogP contribution in [-0.2, 0) is 23.9 Å². The second-order valence-corrected chi connectivity index (χ2v) is 11.1. The molecule has 0 spiro atoms. The van der Waals surface area contributed by atoms with Gasteiger partial charge < -0.3 is 34.8 Å². The molecule has 3 N–H and O–H groups in total. The molecule has 5 aliphatic rings. The topological polar surface area (TPSA) is 132 Å². The second kappa shape index (κ2) is 10.9. The van der Waals surface area contributed by atoms with Gasteiger partial charge in [-0.15, -0.1) is 0 Å². The molecule has 6 bridgehead atoms. The highest BCUT2D eigenvalue weighted by Crippen LogP contribution is 2.31.